The van der Waals surface area contributed by atoms with Crippen molar-refractivity contribution in [2.45, 2.75) is 6.42 Å². The normalized spacial score (nSPS) is 9.71. The largest absolute Gasteiger partial charge is 1.00 e. The van der Waals surface area contributed by atoms with Crippen LogP contribution < -0.4 is 24.0 Å². The topological polar surface area (TPSA) is 58.0 Å². The molecule has 0 aliphatic carbocycles. The Morgan fingerprint density at radius 3 is 2.53 bits per heavy atom. The molecule has 1 aromatic carbocycles. The van der Waals surface area contributed by atoms with Gasteiger partial charge in [-0.15, -0.1) is 0 Å². The van der Waals surface area contributed by atoms with Crippen molar-refractivity contribution in [2.24, 2.45) is 7.05 Å². The zero-order chi connectivity index (χ0) is 11.5. The summed E-state index contributed by atoms with van der Waals surface area (Å²) >= 11 is 0. The molecule has 0 spiro atoms. The molecule has 0 saturated heterocycles. The van der Waals surface area contributed by atoms with Gasteiger partial charge in [0.2, 0.25) is 0 Å². The third-order valence-electron chi connectivity index (χ3n) is 2.50. The first-order chi connectivity index (χ1) is 7.68. The number of carboxylic acid groups (broad SMARTS) is 1. The van der Waals surface area contributed by atoms with Crippen LogP contribution in [0.4, 0.5) is 0 Å². The first-order valence-electron chi connectivity index (χ1n) is 4.94. The van der Waals surface area contributed by atoms with Crippen molar-refractivity contribution < 1.29 is 28.8 Å². The third-order valence-corrected chi connectivity index (χ3v) is 2.50. The molecule has 0 saturated carbocycles. The molecule has 5 heteroatoms. The number of carbonyl (C=O) groups is 1. The van der Waals surface area contributed by atoms with Gasteiger partial charge in [-0.2, -0.15) is 0 Å². The Bertz CT molecular complexity index is 508. The van der Waals surface area contributed by atoms with Crippen molar-refractivity contribution in [3.63, 3.8) is 0 Å². The summed E-state index contributed by atoms with van der Waals surface area (Å²) in [5, 5.41) is 10.7. The summed E-state index contributed by atoms with van der Waals surface area (Å²) in [6.07, 6.45) is 2.23. The maximum atomic E-state index is 10.7. The Morgan fingerprint density at radius 2 is 2.00 bits per heavy atom. The van der Waals surface area contributed by atoms with Crippen LogP contribution in [0.2, 0.25) is 0 Å². The second-order valence-corrected chi connectivity index (χ2v) is 3.58. The number of aromatic nitrogens is 2. The minimum absolute atomic E-state index is 0. The first kappa shape index (κ1) is 13.6. The average Bonchev–Trinajstić information content (AvgIpc) is 2.62. The van der Waals surface area contributed by atoms with Gasteiger partial charge < -0.3 is 14.5 Å². The van der Waals surface area contributed by atoms with Crippen LogP contribution in [-0.2, 0) is 13.5 Å². The quantitative estimate of drug-likeness (QED) is 0.534. The van der Waals surface area contributed by atoms with E-state index in [0.29, 0.717) is 6.42 Å². The molecule has 0 aliphatic rings. The molecule has 0 unspecified atom stereocenters. The maximum Gasteiger partial charge on any atom is 1.00 e. The van der Waals surface area contributed by atoms with Gasteiger partial charge in [-0.1, -0.05) is 30.3 Å². The number of imidazole rings is 1. The van der Waals surface area contributed by atoms with Crippen molar-refractivity contribution >= 4 is 5.97 Å². The minimum atomic E-state index is -1.25. The molecular weight excluding hydrogens is 211 g/mol. The molecule has 0 aliphatic heterocycles. The average molecular weight is 222 g/mol. The van der Waals surface area contributed by atoms with Crippen LogP contribution in [0, 0.1) is 0 Å². The van der Waals surface area contributed by atoms with Crippen LogP contribution in [0.1, 0.15) is 21.9 Å². The first-order valence-corrected chi connectivity index (χ1v) is 4.94. The number of hydrogen-bond donors (Lipinski definition) is 0. The number of carboxylic acids is 1. The van der Waals surface area contributed by atoms with E-state index in [1.54, 1.807) is 17.8 Å². The Hall–Kier alpha value is -1.50. The van der Waals surface area contributed by atoms with Gasteiger partial charge in [0, 0.05) is 25.4 Å². The number of carbonyl (C=O) groups excluding carboxylic acids is 1. The van der Waals surface area contributed by atoms with Crippen molar-refractivity contribution in [2.75, 3.05) is 0 Å². The van der Waals surface area contributed by atoms with E-state index in [2.05, 4.69) is 4.98 Å². The second kappa shape index (κ2) is 5.72. The Balaban J connectivity index is 0.00000144. The van der Waals surface area contributed by atoms with Crippen LogP contribution in [-0.4, -0.2) is 15.5 Å². The zero-order valence-corrected chi connectivity index (χ0v) is 9.88. The molecule has 1 aromatic heterocycles. The molecule has 0 N–H and O–H groups in total. The molecule has 82 valence electrons. The van der Waals surface area contributed by atoms with E-state index in [-0.39, 0.29) is 24.7 Å². The summed E-state index contributed by atoms with van der Waals surface area (Å²) < 4.78 is 1.54. The van der Waals surface area contributed by atoms with Gasteiger partial charge >= 0.3 is 18.9 Å². The van der Waals surface area contributed by atoms with Gasteiger partial charge in [0.25, 0.3) is 0 Å². The smallest absolute Gasteiger partial charge is 0.542 e. The van der Waals surface area contributed by atoms with Crippen LogP contribution in [0.5, 0.6) is 0 Å². The van der Waals surface area contributed by atoms with Gasteiger partial charge in [0.05, 0.1) is 0 Å². The molecule has 4 nitrogen and oxygen atoms in total. The molecular formula is C12H11LiN2O2. The van der Waals surface area contributed by atoms with E-state index in [1.807, 2.05) is 30.3 Å². The summed E-state index contributed by atoms with van der Waals surface area (Å²) in [6.45, 7) is 0. The van der Waals surface area contributed by atoms with E-state index < -0.39 is 5.97 Å². The fraction of sp³-hybridized carbons (Fsp3) is 0.167. The van der Waals surface area contributed by atoms with Crippen LogP contribution in [0.3, 0.4) is 0 Å². The Morgan fingerprint density at radius 1 is 1.35 bits per heavy atom. The molecule has 1 heterocycles. The minimum Gasteiger partial charge on any atom is -0.542 e. The molecule has 0 fully saturated rings. The zero-order valence-electron chi connectivity index (χ0n) is 9.88. The van der Waals surface area contributed by atoms with Crippen molar-refractivity contribution in [3.05, 3.63) is 53.6 Å². The van der Waals surface area contributed by atoms with Gasteiger partial charge in [-0.3, -0.25) is 0 Å². The summed E-state index contributed by atoms with van der Waals surface area (Å²) in [6, 6.07) is 9.83. The number of nitrogens with zero attached hydrogens (tertiary/aromatic N) is 2. The number of aromatic carboxylic acids is 1. The fourth-order valence-corrected chi connectivity index (χ4v) is 1.60. The van der Waals surface area contributed by atoms with E-state index in [9.17, 15) is 9.90 Å². The van der Waals surface area contributed by atoms with Gasteiger partial charge in [-0.05, 0) is 5.56 Å². The van der Waals surface area contributed by atoms with Crippen molar-refractivity contribution in [1.82, 2.24) is 9.55 Å². The predicted octanol–water partition coefficient (Wildman–Crippen LogP) is -2.62. The molecule has 17 heavy (non-hydrogen) atoms. The van der Waals surface area contributed by atoms with E-state index >= 15 is 0 Å². The van der Waals surface area contributed by atoms with Gasteiger partial charge in [-0.25, -0.2) is 4.98 Å². The Labute approximate surface area is 111 Å². The molecule has 2 aromatic rings. The molecule has 0 bridgehead atoms. The van der Waals surface area contributed by atoms with Crippen molar-refractivity contribution in [3.8, 4) is 0 Å². The molecule has 0 radical (unpaired) electrons. The standard InChI is InChI=1S/C12H12N2O2.Li/c1-14-10(8-13-11(14)12(15)16)7-9-5-3-2-4-6-9;/h2-6,8H,7H2,1H3,(H,15,16);/q;+1/p-1. The molecule has 2 rings (SSSR count). The summed E-state index contributed by atoms with van der Waals surface area (Å²) in [7, 11) is 1.68. The SMILES string of the molecule is Cn1c(Cc2ccccc2)cnc1C(=O)[O-].[Li+]. The fourth-order valence-electron chi connectivity index (χ4n) is 1.60. The van der Waals surface area contributed by atoms with E-state index in [1.165, 1.54) is 0 Å². The maximum absolute atomic E-state index is 10.7. The number of hydrogen-bond acceptors (Lipinski definition) is 3. The van der Waals surface area contributed by atoms with Crippen molar-refractivity contribution in [1.29, 1.82) is 0 Å². The summed E-state index contributed by atoms with van der Waals surface area (Å²) in [4.78, 5) is 14.5. The van der Waals surface area contributed by atoms with Crippen LogP contribution in [0.25, 0.3) is 0 Å². The third kappa shape index (κ3) is 2.99. The number of benzene rings is 1. The monoisotopic (exact) mass is 222 g/mol. The molecule has 0 atom stereocenters. The summed E-state index contributed by atoms with van der Waals surface area (Å²) in [5.74, 6) is -1.28. The number of rotatable bonds is 3. The van der Waals surface area contributed by atoms with Crippen LogP contribution >= 0.6 is 0 Å². The predicted molar refractivity (Wildman–Crippen MR) is 56.8 cm³/mol. The van der Waals surface area contributed by atoms with Crippen LogP contribution in [0.15, 0.2) is 36.5 Å². The summed E-state index contributed by atoms with van der Waals surface area (Å²) in [5.41, 5.74) is 1.97. The van der Waals surface area contributed by atoms with E-state index in [4.69, 9.17) is 0 Å². The second-order valence-electron chi connectivity index (χ2n) is 3.58. The molecule has 0 amide bonds. The van der Waals surface area contributed by atoms with E-state index in [0.717, 1.165) is 11.3 Å². The van der Waals surface area contributed by atoms with Gasteiger partial charge in [0.15, 0.2) is 5.82 Å². The van der Waals surface area contributed by atoms with Gasteiger partial charge in [0.1, 0.15) is 5.97 Å². The Kier molecular flexibility index (Phi) is 4.56.